The average Bonchev–Trinajstić information content (AvgIpc) is 3.73. The standard InChI is InChI=1S/C52H40N2/c1-52(2,3)41-27-21-37(22-28-41)35-17-19-36(20-18-35)38-23-29-43(30-24-38)54-49-16-10-8-14-45(49)47-34-40(26-32-51(47)54)39-25-31-50-46(33-39)44-13-7-9-15-48(44)53(50)42-11-5-4-6-12-42/h4-34H,1-3H3. The van der Waals surface area contributed by atoms with Gasteiger partial charge in [-0.1, -0.05) is 148 Å². The smallest absolute Gasteiger partial charge is 0.0541 e. The fourth-order valence-electron chi connectivity index (χ4n) is 8.26. The van der Waals surface area contributed by atoms with E-state index in [0.29, 0.717) is 0 Å². The van der Waals surface area contributed by atoms with Crippen molar-refractivity contribution in [2.45, 2.75) is 26.2 Å². The van der Waals surface area contributed by atoms with Gasteiger partial charge in [0.05, 0.1) is 22.1 Å². The molecule has 2 heteroatoms. The van der Waals surface area contributed by atoms with E-state index in [1.807, 2.05) is 0 Å². The third-order valence-electron chi connectivity index (χ3n) is 11.1. The Morgan fingerprint density at radius 1 is 0.296 bits per heavy atom. The third-order valence-corrected chi connectivity index (χ3v) is 11.1. The van der Waals surface area contributed by atoms with Crippen molar-refractivity contribution in [2.75, 3.05) is 0 Å². The van der Waals surface area contributed by atoms with Gasteiger partial charge in [0.2, 0.25) is 0 Å². The summed E-state index contributed by atoms with van der Waals surface area (Å²) in [5, 5.41) is 5.04. The Labute approximate surface area is 316 Å². The zero-order valence-electron chi connectivity index (χ0n) is 30.8. The quantitative estimate of drug-likeness (QED) is 0.170. The zero-order chi connectivity index (χ0) is 36.4. The van der Waals surface area contributed by atoms with Gasteiger partial charge in [0.15, 0.2) is 0 Å². The van der Waals surface area contributed by atoms with Gasteiger partial charge >= 0.3 is 0 Å². The van der Waals surface area contributed by atoms with Gasteiger partial charge in [-0.15, -0.1) is 0 Å². The van der Waals surface area contributed by atoms with Gasteiger partial charge in [-0.2, -0.15) is 0 Å². The van der Waals surface area contributed by atoms with Crippen LogP contribution in [-0.4, -0.2) is 9.13 Å². The van der Waals surface area contributed by atoms with E-state index < -0.39 is 0 Å². The molecule has 0 aliphatic heterocycles. The second kappa shape index (κ2) is 12.5. The van der Waals surface area contributed by atoms with Gasteiger partial charge in [-0.05, 0) is 105 Å². The second-order valence-electron chi connectivity index (χ2n) is 15.5. The molecule has 0 saturated carbocycles. The van der Waals surface area contributed by atoms with Crippen molar-refractivity contribution in [3.63, 3.8) is 0 Å². The molecule has 0 unspecified atom stereocenters. The van der Waals surface area contributed by atoms with Crippen LogP contribution in [0.2, 0.25) is 0 Å². The van der Waals surface area contributed by atoms with Crippen LogP contribution in [0.1, 0.15) is 26.3 Å². The summed E-state index contributed by atoms with van der Waals surface area (Å²) in [6, 6.07) is 69.0. The summed E-state index contributed by atoms with van der Waals surface area (Å²) in [6.45, 7) is 6.77. The van der Waals surface area contributed by atoms with Crippen LogP contribution in [0, 0.1) is 0 Å². The molecule has 0 atom stereocenters. The van der Waals surface area contributed by atoms with E-state index in [2.05, 4.69) is 218 Å². The molecule has 0 aliphatic rings. The van der Waals surface area contributed by atoms with Crippen molar-refractivity contribution < 1.29 is 0 Å². The minimum absolute atomic E-state index is 0.152. The third kappa shape index (κ3) is 5.33. The largest absolute Gasteiger partial charge is 0.309 e. The van der Waals surface area contributed by atoms with Crippen LogP contribution in [0.25, 0.3) is 88.4 Å². The highest BCUT2D eigenvalue weighted by molar-refractivity contribution is 6.12. The normalized spacial score (nSPS) is 12.0. The zero-order valence-corrected chi connectivity index (χ0v) is 30.8. The Hall–Kier alpha value is -6.64. The summed E-state index contributed by atoms with van der Waals surface area (Å²) in [6.07, 6.45) is 0. The van der Waals surface area contributed by atoms with Crippen LogP contribution < -0.4 is 0 Å². The number of rotatable bonds is 5. The van der Waals surface area contributed by atoms with Crippen molar-refractivity contribution in [3.8, 4) is 44.8 Å². The molecule has 0 aliphatic carbocycles. The Kier molecular flexibility index (Phi) is 7.42. The maximum atomic E-state index is 2.40. The topological polar surface area (TPSA) is 9.86 Å². The highest BCUT2D eigenvalue weighted by Gasteiger charge is 2.17. The number of para-hydroxylation sites is 3. The predicted octanol–water partition coefficient (Wildman–Crippen LogP) is 14.2. The van der Waals surface area contributed by atoms with Crippen molar-refractivity contribution in [1.29, 1.82) is 0 Å². The minimum Gasteiger partial charge on any atom is -0.309 e. The summed E-state index contributed by atoms with van der Waals surface area (Å²) in [4.78, 5) is 0. The van der Waals surface area contributed by atoms with Crippen molar-refractivity contribution in [1.82, 2.24) is 9.13 Å². The predicted molar refractivity (Wildman–Crippen MR) is 230 cm³/mol. The summed E-state index contributed by atoms with van der Waals surface area (Å²) < 4.78 is 4.78. The highest BCUT2D eigenvalue weighted by Crippen LogP contribution is 2.38. The lowest BCUT2D eigenvalue weighted by atomic mass is 9.86. The number of nitrogens with zero attached hydrogens (tertiary/aromatic N) is 2. The lowest BCUT2D eigenvalue weighted by molar-refractivity contribution is 0.590. The van der Waals surface area contributed by atoms with Gasteiger partial charge in [0.1, 0.15) is 0 Å². The molecule has 2 nitrogen and oxygen atoms in total. The van der Waals surface area contributed by atoms with E-state index in [4.69, 9.17) is 0 Å². The molecular formula is C52H40N2. The van der Waals surface area contributed by atoms with Crippen LogP contribution in [0.5, 0.6) is 0 Å². The molecular weight excluding hydrogens is 653 g/mol. The monoisotopic (exact) mass is 692 g/mol. The SMILES string of the molecule is CC(C)(C)c1ccc(-c2ccc(-c3ccc(-n4c5ccccc5c5cc(-c6ccc7c(c6)c6ccccc6n7-c6ccccc6)ccc54)cc3)cc2)cc1. The Bertz CT molecular complexity index is 2970. The molecule has 10 rings (SSSR count). The van der Waals surface area contributed by atoms with Crippen LogP contribution >= 0.6 is 0 Å². The van der Waals surface area contributed by atoms with Gasteiger partial charge in [-0.3, -0.25) is 0 Å². The number of benzene rings is 8. The van der Waals surface area contributed by atoms with Crippen molar-refractivity contribution in [2.24, 2.45) is 0 Å². The molecule has 0 bridgehead atoms. The van der Waals surface area contributed by atoms with E-state index in [9.17, 15) is 0 Å². The first-order valence-electron chi connectivity index (χ1n) is 18.8. The molecule has 0 spiro atoms. The highest BCUT2D eigenvalue weighted by atomic mass is 15.0. The molecule has 0 saturated heterocycles. The molecule has 8 aromatic carbocycles. The van der Waals surface area contributed by atoms with Crippen LogP contribution in [-0.2, 0) is 5.41 Å². The Morgan fingerprint density at radius 2 is 0.648 bits per heavy atom. The van der Waals surface area contributed by atoms with Crippen molar-refractivity contribution in [3.05, 3.63) is 194 Å². The lowest BCUT2D eigenvalue weighted by Crippen LogP contribution is -2.10. The maximum Gasteiger partial charge on any atom is 0.0541 e. The van der Waals surface area contributed by atoms with E-state index in [-0.39, 0.29) is 5.41 Å². The van der Waals surface area contributed by atoms with Crippen LogP contribution in [0.4, 0.5) is 0 Å². The number of fused-ring (bicyclic) bond motifs is 6. The fraction of sp³-hybridized carbons (Fsp3) is 0.0769. The van der Waals surface area contributed by atoms with Gasteiger partial charge in [-0.25, -0.2) is 0 Å². The summed E-state index contributed by atoms with van der Waals surface area (Å²) >= 11 is 0. The first kappa shape index (κ1) is 32.0. The molecule has 54 heavy (non-hydrogen) atoms. The van der Waals surface area contributed by atoms with E-state index in [0.717, 1.165) is 5.69 Å². The summed E-state index contributed by atoms with van der Waals surface area (Å²) in [7, 11) is 0. The molecule has 258 valence electrons. The number of aromatic nitrogens is 2. The molecule has 0 radical (unpaired) electrons. The Morgan fingerprint density at radius 3 is 1.11 bits per heavy atom. The molecule has 2 heterocycles. The van der Waals surface area contributed by atoms with Gasteiger partial charge in [0, 0.05) is 32.9 Å². The lowest BCUT2D eigenvalue weighted by Gasteiger charge is -2.19. The van der Waals surface area contributed by atoms with E-state index in [1.54, 1.807) is 0 Å². The van der Waals surface area contributed by atoms with Gasteiger partial charge in [0.25, 0.3) is 0 Å². The molecule has 0 fully saturated rings. The average molecular weight is 693 g/mol. The minimum atomic E-state index is 0.152. The number of hydrogen-bond donors (Lipinski definition) is 0. The van der Waals surface area contributed by atoms with Gasteiger partial charge < -0.3 is 9.13 Å². The summed E-state index contributed by atoms with van der Waals surface area (Å²) in [5.41, 5.74) is 16.0. The van der Waals surface area contributed by atoms with E-state index in [1.165, 1.54) is 88.2 Å². The molecule has 10 aromatic rings. The second-order valence-corrected chi connectivity index (χ2v) is 15.5. The van der Waals surface area contributed by atoms with Crippen molar-refractivity contribution >= 4 is 43.6 Å². The number of hydrogen-bond acceptors (Lipinski definition) is 0. The maximum absolute atomic E-state index is 2.40. The fourth-order valence-corrected chi connectivity index (χ4v) is 8.26. The summed E-state index contributed by atoms with van der Waals surface area (Å²) in [5.74, 6) is 0. The molecule has 0 N–H and O–H groups in total. The Balaban J connectivity index is 1.00. The van der Waals surface area contributed by atoms with Crippen LogP contribution in [0.15, 0.2) is 188 Å². The molecule has 2 aromatic heterocycles. The first-order valence-corrected chi connectivity index (χ1v) is 18.8. The molecule has 0 amide bonds. The van der Waals surface area contributed by atoms with E-state index >= 15 is 0 Å². The van der Waals surface area contributed by atoms with Crippen LogP contribution in [0.3, 0.4) is 0 Å². The first-order chi connectivity index (χ1) is 26.4.